The fourth-order valence-corrected chi connectivity index (χ4v) is 1.98. The molecule has 4 heteroatoms. The Morgan fingerprint density at radius 2 is 2.00 bits per heavy atom. The first-order valence-electron chi connectivity index (χ1n) is 5.38. The highest BCUT2D eigenvalue weighted by Gasteiger charge is 2.34. The van der Waals surface area contributed by atoms with Crippen molar-refractivity contribution in [2.75, 3.05) is 0 Å². The van der Waals surface area contributed by atoms with Gasteiger partial charge in [-0.1, -0.05) is 30.3 Å². The second-order valence-corrected chi connectivity index (χ2v) is 4.00. The van der Waals surface area contributed by atoms with Gasteiger partial charge in [-0.15, -0.1) is 0 Å². The van der Waals surface area contributed by atoms with Crippen molar-refractivity contribution in [1.82, 2.24) is 4.90 Å². The zero-order chi connectivity index (χ0) is 12.4. The number of aliphatic hydroxyl groups is 1. The highest BCUT2D eigenvalue weighted by Crippen LogP contribution is 2.20. The van der Waals surface area contributed by atoms with E-state index < -0.39 is 5.91 Å². The summed E-state index contributed by atoms with van der Waals surface area (Å²) in [5.74, 6) is -1.31. The van der Waals surface area contributed by atoms with Crippen LogP contribution in [0.2, 0.25) is 0 Å². The highest BCUT2D eigenvalue weighted by molar-refractivity contribution is 6.05. The number of aliphatic hydroxyl groups excluding tert-OH is 1. The number of hydrogen-bond acceptors (Lipinski definition) is 3. The van der Waals surface area contributed by atoms with E-state index in [0.29, 0.717) is 6.42 Å². The first-order valence-corrected chi connectivity index (χ1v) is 5.38. The van der Waals surface area contributed by atoms with Crippen molar-refractivity contribution in [3.05, 3.63) is 47.7 Å². The van der Waals surface area contributed by atoms with Crippen LogP contribution in [0.4, 0.5) is 0 Å². The summed E-state index contributed by atoms with van der Waals surface area (Å²) in [6.07, 6.45) is 1.95. The van der Waals surface area contributed by atoms with Crippen LogP contribution in [-0.2, 0) is 16.0 Å². The topological polar surface area (TPSA) is 57.6 Å². The Morgan fingerprint density at radius 3 is 2.59 bits per heavy atom. The van der Waals surface area contributed by atoms with Crippen molar-refractivity contribution in [2.45, 2.75) is 19.4 Å². The van der Waals surface area contributed by atoms with E-state index in [0.717, 1.165) is 10.5 Å². The predicted molar refractivity (Wildman–Crippen MR) is 62.2 cm³/mol. The predicted octanol–water partition coefficient (Wildman–Crippen LogP) is 1.43. The standard InChI is InChI=1S/C13H13NO3/c1-9(15)14-11(8-12(16)13(14)17)7-10-5-3-2-4-6-10/h2-6,8,11,16H,7H2,1H3. The lowest BCUT2D eigenvalue weighted by Crippen LogP contribution is -2.39. The van der Waals surface area contributed by atoms with E-state index in [4.69, 9.17) is 0 Å². The number of rotatable bonds is 2. The van der Waals surface area contributed by atoms with Gasteiger partial charge < -0.3 is 5.11 Å². The van der Waals surface area contributed by atoms with Crippen molar-refractivity contribution in [2.24, 2.45) is 0 Å². The fourth-order valence-electron chi connectivity index (χ4n) is 1.98. The molecule has 4 nitrogen and oxygen atoms in total. The van der Waals surface area contributed by atoms with Gasteiger partial charge in [0, 0.05) is 6.92 Å². The summed E-state index contributed by atoms with van der Waals surface area (Å²) < 4.78 is 0. The van der Waals surface area contributed by atoms with Gasteiger partial charge in [0.25, 0.3) is 5.91 Å². The van der Waals surface area contributed by atoms with E-state index >= 15 is 0 Å². The Balaban J connectivity index is 2.20. The SMILES string of the molecule is CC(=O)N1C(=O)C(O)=CC1Cc1ccccc1. The number of carbonyl (C=O) groups excluding carboxylic acids is 2. The molecule has 17 heavy (non-hydrogen) atoms. The van der Waals surface area contributed by atoms with E-state index in [-0.39, 0.29) is 17.7 Å². The van der Waals surface area contributed by atoms with Gasteiger partial charge in [0.1, 0.15) is 0 Å². The molecule has 0 bridgehead atoms. The lowest BCUT2D eigenvalue weighted by Gasteiger charge is -2.20. The van der Waals surface area contributed by atoms with Crippen molar-refractivity contribution >= 4 is 11.8 Å². The van der Waals surface area contributed by atoms with Crippen LogP contribution in [0.1, 0.15) is 12.5 Å². The molecule has 2 amide bonds. The number of amides is 2. The van der Waals surface area contributed by atoms with E-state index in [9.17, 15) is 14.7 Å². The zero-order valence-corrected chi connectivity index (χ0v) is 9.46. The molecule has 2 rings (SSSR count). The minimum absolute atomic E-state index is 0.346. The van der Waals surface area contributed by atoms with Crippen LogP contribution in [0.15, 0.2) is 42.2 Å². The first-order chi connectivity index (χ1) is 8.09. The van der Waals surface area contributed by atoms with Gasteiger partial charge >= 0.3 is 0 Å². The van der Waals surface area contributed by atoms with Crippen LogP contribution in [0, 0.1) is 0 Å². The summed E-state index contributed by atoms with van der Waals surface area (Å²) in [5, 5.41) is 9.38. The van der Waals surface area contributed by atoms with Crippen LogP contribution in [0.5, 0.6) is 0 Å². The van der Waals surface area contributed by atoms with Gasteiger partial charge in [-0.25, -0.2) is 0 Å². The molecule has 1 aliphatic rings. The second kappa shape index (κ2) is 4.41. The average Bonchev–Trinajstić information content (AvgIpc) is 2.56. The molecular formula is C13H13NO3. The fraction of sp³-hybridized carbons (Fsp3) is 0.231. The normalized spacial score (nSPS) is 19.4. The van der Waals surface area contributed by atoms with Gasteiger partial charge in [0.2, 0.25) is 5.91 Å². The van der Waals surface area contributed by atoms with Gasteiger partial charge in [-0.2, -0.15) is 0 Å². The summed E-state index contributed by atoms with van der Waals surface area (Å²) in [6.45, 7) is 1.32. The maximum atomic E-state index is 11.5. The Kier molecular flexibility index (Phi) is 2.95. The summed E-state index contributed by atoms with van der Waals surface area (Å²) in [4.78, 5) is 24.0. The lowest BCUT2D eigenvalue weighted by molar-refractivity contribution is -0.142. The summed E-state index contributed by atoms with van der Waals surface area (Å²) in [7, 11) is 0. The zero-order valence-electron chi connectivity index (χ0n) is 9.46. The molecule has 1 aliphatic heterocycles. The maximum Gasteiger partial charge on any atom is 0.295 e. The molecule has 0 saturated heterocycles. The molecular weight excluding hydrogens is 218 g/mol. The van der Waals surface area contributed by atoms with Crippen molar-refractivity contribution < 1.29 is 14.7 Å². The van der Waals surface area contributed by atoms with Crippen LogP contribution >= 0.6 is 0 Å². The largest absolute Gasteiger partial charge is 0.503 e. The van der Waals surface area contributed by atoms with Crippen LogP contribution < -0.4 is 0 Å². The molecule has 0 radical (unpaired) electrons. The van der Waals surface area contributed by atoms with Crippen molar-refractivity contribution in [3.63, 3.8) is 0 Å². The maximum absolute atomic E-state index is 11.5. The number of hydrogen-bond donors (Lipinski definition) is 1. The van der Waals surface area contributed by atoms with E-state index in [1.165, 1.54) is 13.0 Å². The van der Waals surface area contributed by atoms with E-state index in [1.54, 1.807) is 0 Å². The third kappa shape index (κ3) is 2.20. The molecule has 0 saturated carbocycles. The van der Waals surface area contributed by atoms with Gasteiger partial charge in [0.05, 0.1) is 6.04 Å². The van der Waals surface area contributed by atoms with Crippen LogP contribution in [0.25, 0.3) is 0 Å². The Hall–Kier alpha value is -2.10. The van der Waals surface area contributed by atoms with Crippen LogP contribution in [-0.4, -0.2) is 27.9 Å². The molecule has 0 fully saturated rings. The summed E-state index contributed by atoms with van der Waals surface area (Å²) >= 11 is 0. The molecule has 1 atom stereocenters. The molecule has 1 unspecified atom stereocenters. The number of carbonyl (C=O) groups is 2. The quantitative estimate of drug-likeness (QED) is 0.837. The third-order valence-electron chi connectivity index (χ3n) is 2.75. The van der Waals surface area contributed by atoms with E-state index in [1.807, 2.05) is 30.3 Å². The Morgan fingerprint density at radius 1 is 1.35 bits per heavy atom. The lowest BCUT2D eigenvalue weighted by atomic mass is 10.1. The number of imide groups is 1. The Labute approximate surface area is 99.2 Å². The molecule has 0 spiro atoms. The van der Waals surface area contributed by atoms with E-state index in [2.05, 4.69) is 0 Å². The Bertz CT molecular complexity index is 479. The molecule has 1 N–H and O–H groups in total. The third-order valence-corrected chi connectivity index (χ3v) is 2.75. The minimum Gasteiger partial charge on any atom is -0.503 e. The van der Waals surface area contributed by atoms with Crippen molar-refractivity contribution in [1.29, 1.82) is 0 Å². The molecule has 1 aromatic carbocycles. The summed E-state index contributed by atoms with van der Waals surface area (Å²) in [5.41, 5.74) is 1.02. The number of nitrogens with zero attached hydrogens (tertiary/aromatic N) is 1. The molecule has 1 aromatic rings. The molecule has 88 valence electrons. The highest BCUT2D eigenvalue weighted by atomic mass is 16.3. The minimum atomic E-state index is -0.613. The second-order valence-electron chi connectivity index (χ2n) is 4.00. The monoisotopic (exact) mass is 231 g/mol. The molecule has 0 aromatic heterocycles. The molecule has 1 heterocycles. The smallest absolute Gasteiger partial charge is 0.295 e. The van der Waals surface area contributed by atoms with Crippen molar-refractivity contribution in [3.8, 4) is 0 Å². The number of benzene rings is 1. The van der Waals surface area contributed by atoms with Gasteiger partial charge in [-0.3, -0.25) is 14.5 Å². The first kappa shape index (κ1) is 11.4. The van der Waals surface area contributed by atoms with Crippen LogP contribution in [0.3, 0.4) is 0 Å². The van der Waals surface area contributed by atoms with Gasteiger partial charge in [-0.05, 0) is 18.1 Å². The van der Waals surface area contributed by atoms with Gasteiger partial charge in [0.15, 0.2) is 5.76 Å². The molecule has 0 aliphatic carbocycles. The average molecular weight is 231 g/mol. The summed E-state index contributed by atoms with van der Waals surface area (Å²) in [6, 6.07) is 9.15.